The van der Waals surface area contributed by atoms with Crippen molar-refractivity contribution in [2.45, 2.75) is 32.5 Å². The van der Waals surface area contributed by atoms with Crippen molar-refractivity contribution in [1.29, 1.82) is 0 Å². The molecular formula is C9H18FNO. The Kier molecular flexibility index (Phi) is 3.47. The van der Waals surface area contributed by atoms with Crippen LogP contribution in [-0.2, 0) is 0 Å². The fraction of sp³-hybridized carbons (Fsp3) is 1.00. The number of aliphatic hydroxyl groups excluding tert-OH is 1. The molecule has 1 aliphatic rings. The highest BCUT2D eigenvalue weighted by Crippen LogP contribution is 2.14. The molecule has 0 radical (unpaired) electrons. The van der Waals surface area contributed by atoms with Gasteiger partial charge in [-0.3, -0.25) is 0 Å². The van der Waals surface area contributed by atoms with Crippen LogP contribution < -0.4 is 0 Å². The van der Waals surface area contributed by atoms with Crippen molar-refractivity contribution in [3.8, 4) is 0 Å². The summed E-state index contributed by atoms with van der Waals surface area (Å²) in [6.45, 7) is 6.52. The molecule has 0 aromatic carbocycles. The highest BCUT2D eigenvalue weighted by molar-refractivity contribution is 4.79. The lowest BCUT2D eigenvalue weighted by atomic mass is 10.0. The van der Waals surface area contributed by atoms with Gasteiger partial charge in [0.15, 0.2) is 0 Å². The summed E-state index contributed by atoms with van der Waals surface area (Å²) in [5.74, 6) is 0.591. The third-order valence-corrected chi connectivity index (χ3v) is 2.21. The molecule has 1 fully saturated rings. The molecule has 1 N–H and O–H groups in total. The van der Waals surface area contributed by atoms with Gasteiger partial charge in [-0.15, -0.1) is 0 Å². The molecule has 1 saturated heterocycles. The minimum Gasteiger partial charge on any atom is -0.389 e. The summed E-state index contributed by atoms with van der Waals surface area (Å²) in [5, 5.41) is 9.24. The number of halogens is 1. The average molecular weight is 175 g/mol. The molecule has 1 aliphatic heterocycles. The Morgan fingerprint density at radius 1 is 1.58 bits per heavy atom. The zero-order valence-electron chi connectivity index (χ0n) is 7.83. The molecule has 3 heteroatoms. The minimum atomic E-state index is -1.01. The van der Waals surface area contributed by atoms with E-state index in [1.54, 1.807) is 0 Å². The van der Waals surface area contributed by atoms with Gasteiger partial charge in [0.25, 0.3) is 0 Å². The van der Waals surface area contributed by atoms with Gasteiger partial charge in [0.05, 0.1) is 6.10 Å². The molecule has 72 valence electrons. The number of nitrogens with zero attached hydrogens (tertiary/aromatic N) is 1. The number of piperidine rings is 1. The van der Waals surface area contributed by atoms with Crippen LogP contribution in [0.3, 0.4) is 0 Å². The Hall–Kier alpha value is -0.150. The number of hydrogen-bond donors (Lipinski definition) is 1. The van der Waals surface area contributed by atoms with Gasteiger partial charge >= 0.3 is 0 Å². The van der Waals surface area contributed by atoms with E-state index in [2.05, 4.69) is 18.7 Å². The second-order valence-corrected chi connectivity index (χ2v) is 4.03. The Morgan fingerprint density at radius 2 is 2.25 bits per heavy atom. The van der Waals surface area contributed by atoms with E-state index in [9.17, 15) is 9.50 Å². The van der Waals surface area contributed by atoms with Crippen molar-refractivity contribution >= 4 is 0 Å². The second-order valence-electron chi connectivity index (χ2n) is 4.03. The first-order chi connectivity index (χ1) is 5.59. The van der Waals surface area contributed by atoms with E-state index >= 15 is 0 Å². The predicted octanol–water partition coefficient (Wildman–Crippen LogP) is 1.05. The topological polar surface area (TPSA) is 23.5 Å². The third kappa shape index (κ3) is 2.72. The predicted molar refractivity (Wildman–Crippen MR) is 46.8 cm³/mol. The molecule has 2 atom stereocenters. The molecule has 12 heavy (non-hydrogen) atoms. The molecular weight excluding hydrogens is 157 g/mol. The van der Waals surface area contributed by atoms with E-state index in [1.165, 1.54) is 0 Å². The van der Waals surface area contributed by atoms with Crippen molar-refractivity contribution in [3.05, 3.63) is 0 Å². The summed E-state index contributed by atoms with van der Waals surface area (Å²) >= 11 is 0. The monoisotopic (exact) mass is 175 g/mol. The molecule has 0 bridgehead atoms. The van der Waals surface area contributed by atoms with Gasteiger partial charge in [-0.2, -0.15) is 0 Å². The first-order valence-electron chi connectivity index (χ1n) is 4.64. The Bertz CT molecular complexity index is 140. The maximum absolute atomic E-state index is 12.8. The summed E-state index contributed by atoms with van der Waals surface area (Å²) in [7, 11) is 0. The first kappa shape index (κ1) is 9.93. The van der Waals surface area contributed by atoms with Crippen LogP contribution in [-0.4, -0.2) is 41.9 Å². The van der Waals surface area contributed by atoms with Crippen molar-refractivity contribution in [3.63, 3.8) is 0 Å². The minimum absolute atomic E-state index is 0.480. The van der Waals surface area contributed by atoms with Gasteiger partial charge < -0.3 is 10.0 Å². The smallest absolute Gasteiger partial charge is 0.128 e. The quantitative estimate of drug-likeness (QED) is 0.678. The standard InChI is InChI=1S/C9H18FNO/c1-7(2)5-11-4-3-8(10)9(12)6-11/h7-9,12H,3-6H2,1-2H3/t8-,9-/m1/s1. The molecule has 1 heterocycles. The Balaban J connectivity index is 2.30. The lowest BCUT2D eigenvalue weighted by Gasteiger charge is -2.33. The molecule has 2 nitrogen and oxygen atoms in total. The summed E-state index contributed by atoms with van der Waals surface area (Å²) in [6.07, 6.45) is -1.29. The van der Waals surface area contributed by atoms with Crippen LogP contribution in [0.2, 0.25) is 0 Å². The van der Waals surface area contributed by atoms with Crippen LogP contribution in [0.1, 0.15) is 20.3 Å². The van der Waals surface area contributed by atoms with Gasteiger partial charge in [0.2, 0.25) is 0 Å². The first-order valence-corrected chi connectivity index (χ1v) is 4.64. The Morgan fingerprint density at radius 3 is 2.75 bits per heavy atom. The second kappa shape index (κ2) is 4.19. The number of likely N-dealkylation sites (tertiary alicyclic amines) is 1. The van der Waals surface area contributed by atoms with E-state index in [-0.39, 0.29) is 0 Å². The average Bonchev–Trinajstić information content (AvgIpc) is 1.96. The number of β-amino-alcohol motifs (C(OH)–C–C–N with tert-alkyl or cyclic N) is 1. The molecule has 0 aliphatic carbocycles. The van der Waals surface area contributed by atoms with Crippen molar-refractivity contribution < 1.29 is 9.50 Å². The van der Waals surface area contributed by atoms with Gasteiger partial charge in [0, 0.05) is 19.6 Å². The van der Waals surface area contributed by atoms with Gasteiger partial charge in [-0.05, 0) is 12.3 Å². The van der Waals surface area contributed by atoms with Gasteiger partial charge in [-0.25, -0.2) is 4.39 Å². The maximum atomic E-state index is 12.8. The fourth-order valence-corrected chi connectivity index (χ4v) is 1.65. The molecule has 0 amide bonds. The van der Waals surface area contributed by atoms with E-state index < -0.39 is 12.3 Å². The van der Waals surface area contributed by atoms with Crippen LogP contribution in [0.4, 0.5) is 4.39 Å². The molecule has 0 unspecified atom stereocenters. The molecule has 0 spiro atoms. The van der Waals surface area contributed by atoms with Crippen molar-refractivity contribution in [2.24, 2.45) is 5.92 Å². The SMILES string of the molecule is CC(C)CN1CC[C@@H](F)[C@H](O)C1. The molecule has 0 aromatic rings. The number of hydrogen-bond acceptors (Lipinski definition) is 2. The summed E-state index contributed by atoms with van der Waals surface area (Å²) in [5.41, 5.74) is 0. The lowest BCUT2D eigenvalue weighted by molar-refractivity contribution is 0.000288. The fourth-order valence-electron chi connectivity index (χ4n) is 1.65. The number of alkyl halides is 1. The third-order valence-electron chi connectivity index (χ3n) is 2.21. The number of aliphatic hydroxyl groups is 1. The van der Waals surface area contributed by atoms with Crippen LogP contribution in [0.15, 0.2) is 0 Å². The van der Waals surface area contributed by atoms with E-state index in [1.807, 2.05) is 0 Å². The summed E-state index contributed by atoms with van der Waals surface area (Å²) < 4.78 is 12.8. The molecule has 1 rings (SSSR count). The van der Waals surface area contributed by atoms with Crippen LogP contribution in [0.5, 0.6) is 0 Å². The lowest BCUT2D eigenvalue weighted by Crippen LogP contribution is -2.46. The summed E-state index contributed by atoms with van der Waals surface area (Å²) in [4.78, 5) is 2.13. The highest BCUT2D eigenvalue weighted by Gasteiger charge is 2.27. The van der Waals surface area contributed by atoms with Crippen LogP contribution in [0.25, 0.3) is 0 Å². The maximum Gasteiger partial charge on any atom is 0.128 e. The molecule has 0 saturated carbocycles. The zero-order valence-corrected chi connectivity index (χ0v) is 7.83. The van der Waals surface area contributed by atoms with Crippen LogP contribution in [0, 0.1) is 5.92 Å². The zero-order chi connectivity index (χ0) is 9.14. The van der Waals surface area contributed by atoms with E-state index in [0.717, 1.165) is 13.1 Å². The highest BCUT2D eigenvalue weighted by atomic mass is 19.1. The van der Waals surface area contributed by atoms with E-state index in [4.69, 9.17) is 0 Å². The summed E-state index contributed by atoms with van der Waals surface area (Å²) in [6, 6.07) is 0. The van der Waals surface area contributed by atoms with Crippen molar-refractivity contribution in [1.82, 2.24) is 4.90 Å². The molecule has 0 aromatic heterocycles. The van der Waals surface area contributed by atoms with Crippen LogP contribution >= 0.6 is 0 Å². The van der Waals surface area contributed by atoms with Gasteiger partial charge in [-0.1, -0.05) is 13.8 Å². The normalized spacial score (nSPS) is 32.8. The van der Waals surface area contributed by atoms with E-state index in [0.29, 0.717) is 18.9 Å². The number of rotatable bonds is 2. The van der Waals surface area contributed by atoms with Gasteiger partial charge in [0.1, 0.15) is 6.17 Å². The van der Waals surface area contributed by atoms with Crippen molar-refractivity contribution in [2.75, 3.05) is 19.6 Å². The Labute approximate surface area is 73.4 Å². The largest absolute Gasteiger partial charge is 0.389 e.